The average molecular weight is 201 g/mol. The maximum atomic E-state index is 13.2. The molecule has 0 fully saturated rings. The fraction of sp³-hybridized carbons (Fsp3) is 0.400. The summed E-state index contributed by atoms with van der Waals surface area (Å²) in [5.74, 6) is -1.91. The van der Waals surface area contributed by atoms with E-state index in [2.05, 4.69) is 0 Å². The van der Waals surface area contributed by atoms with Crippen LogP contribution in [-0.2, 0) is 6.42 Å². The fourth-order valence-electron chi connectivity index (χ4n) is 1.30. The molecular formula is C10H13F2NO. The highest BCUT2D eigenvalue weighted by atomic mass is 19.2. The minimum absolute atomic E-state index is 0.0534. The second-order valence-corrected chi connectivity index (χ2v) is 3.24. The minimum atomic E-state index is -0.953. The van der Waals surface area contributed by atoms with Crippen LogP contribution in [0, 0.1) is 11.6 Å². The van der Waals surface area contributed by atoms with E-state index in [0.29, 0.717) is 12.0 Å². The summed E-state index contributed by atoms with van der Waals surface area (Å²) in [5.41, 5.74) is 6.15. The van der Waals surface area contributed by atoms with Crippen LogP contribution in [0.4, 0.5) is 8.78 Å². The van der Waals surface area contributed by atoms with Gasteiger partial charge >= 0.3 is 0 Å². The van der Waals surface area contributed by atoms with Crippen LogP contribution in [0.15, 0.2) is 12.1 Å². The third-order valence-electron chi connectivity index (χ3n) is 1.88. The van der Waals surface area contributed by atoms with Crippen molar-refractivity contribution in [2.75, 3.05) is 7.11 Å². The van der Waals surface area contributed by atoms with Gasteiger partial charge in [-0.25, -0.2) is 4.39 Å². The molecule has 0 saturated heterocycles. The lowest BCUT2D eigenvalue weighted by Gasteiger charge is -2.11. The number of ether oxygens (including phenoxy) is 1. The molecule has 0 radical (unpaired) electrons. The molecule has 78 valence electrons. The van der Waals surface area contributed by atoms with E-state index in [1.165, 1.54) is 13.2 Å². The first-order valence-electron chi connectivity index (χ1n) is 4.32. The van der Waals surface area contributed by atoms with Crippen molar-refractivity contribution in [3.63, 3.8) is 0 Å². The first kappa shape index (κ1) is 10.9. The lowest BCUT2D eigenvalue weighted by Crippen LogP contribution is -2.18. The van der Waals surface area contributed by atoms with Gasteiger partial charge in [0.1, 0.15) is 0 Å². The fourth-order valence-corrected chi connectivity index (χ4v) is 1.30. The molecule has 0 heterocycles. The van der Waals surface area contributed by atoms with Crippen LogP contribution in [0.2, 0.25) is 0 Å². The Bertz CT molecular complexity index is 326. The molecule has 0 saturated carbocycles. The average Bonchev–Trinajstić information content (AvgIpc) is 2.11. The van der Waals surface area contributed by atoms with Gasteiger partial charge in [0, 0.05) is 6.04 Å². The number of halogens is 2. The van der Waals surface area contributed by atoms with Gasteiger partial charge in [0.25, 0.3) is 0 Å². The molecule has 0 spiro atoms. The van der Waals surface area contributed by atoms with Crippen LogP contribution in [0.5, 0.6) is 5.75 Å². The summed E-state index contributed by atoms with van der Waals surface area (Å²) in [6.45, 7) is 1.79. The Morgan fingerprint density at radius 1 is 1.43 bits per heavy atom. The van der Waals surface area contributed by atoms with Crippen LogP contribution in [0.3, 0.4) is 0 Å². The molecule has 4 heteroatoms. The molecule has 1 rings (SSSR count). The minimum Gasteiger partial charge on any atom is -0.493 e. The molecule has 14 heavy (non-hydrogen) atoms. The summed E-state index contributed by atoms with van der Waals surface area (Å²) >= 11 is 0. The van der Waals surface area contributed by atoms with Gasteiger partial charge in [-0.1, -0.05) is 6.07 Å². The summed E-state index contributed by atoms with van der Waals surface area (Å²) in [5, 5.41) is 0. The van der Waals surface area contributed by atoms with E-state index in [4.69, 9.17) is 10.5 Å². The van der Waals surface area contributed by atoms with E-state index < -0.39 is 11.6 Å². The van der Waals surface area contributed by atoms with E-state index in [9.17, 15) is 8.78 Å². The Morgan fingerprint density at radius 2 is 2.07 bits per heavy atom. The molecule has 1 aromatic rings. The van der Waals surface area contributed by atoms with Gasteiger partial charge in [0.2, 0.25) is 5.82 Å². The van der Waals surface area contributed by atoms with Crippen molar-refractivity contribution in [3.05, 3.63) is 29.3 Å². The molecular weight excluding hydrogens is 188 g/mol. The molecule has 0 bridgehead atoms. The Balaban J connectivity index is 3.10. The molecule has 0 aliphatic carbocycles. The smallest absolute Gasteiger partial charge is 0.200 e. The van der Waals surface area contributed by atoms with E-state index in [0.717, 1.165) is 6.07 Å². The predicted octanol–water partition coefficient (Wildman–Crippen LogP) is 1.86. The van der Waals surface area contributed by atoms with E-state index in [1.807, 2.05) is 0 Å². The number of hydrogen-bond donors (Lipinski definition) is 1. The lowest BCUT2D eigenvalue weighted by atomic mass is 10.1. The number of methoxy groups -OCH3 is 1. The van der Waals surface area contributed by atoms with Gasteiger partial charge in [0.05, 0.1) is 7.11 Å². The van der Waals surface area contributed by atoms with Crippen LogP contribution in [0.25, 0.3) is 0 Å². The quantitative estimate of drug-likeness (QED) is 0.810. The van der Waals surface area contributed by atoms with Crippen LogP contribution in [-0.4, -0.2) is 13.2 Å². The van der Waals surface area contributed by atoms with Crippen molar-refractivity contribution in [1.82, 2.24) is 0 Å². The summed E-state index contributed by atoms with van der Waals surface area (Å²) < 4.78 is 30.8. The second-order valence-electron chi connectivity index (χ2n) is 3.24. The highest BCUT2D eigenvalue weighted by Gasteiger charge is 2.14. The first-order chi connectivity index (χ1) is 6.56. The van der Waals surface area contributed by atoms with Crippen molar-refractivity contribution in [2.24, 2.45) is 5.73 Å². The summed E-state index contributed by atoms with van der Waals surface area (Å²) in [4.78, 5) is 0. The number of hydrogen-bond acceptors (Lipinski definition) is 2. The maximum Gasteiger partial charge on any atom is 0.200 e. The van der Waals surface area contributed by atoms with Gasteiger partial charge in [0.15, 0.2) is 11.6 Å². The third-order valence-corrected chi connectivity index (χ3v) is 1.88. The van der Waals surface area contributed by atoms with Gasteiger partial charge in [-0.2, -0.15) is 4.39 Å². The molecule has 2 nitrogen and oxygen atoms in total. The molecule has 0 aliphatic heterocycles. The molecule has 0 aliphatic rings. The molecule has 0 aromatic heterocycles. The van der Waals surface area contributed by atoms with Crippen LogP contribution >= 0.6 is 0 Å². The van der Waals surface area contributed by atoms with Crippen LogP contribution < -0.4 is 10.5 Å². The second kappa shape index (κ2) is 4.37. The van der Waals surface area contributed by atoms with Gasteiger partial charge in [-0.3, -0.25) is 0 Å². The van der Waals surface area contributed by atoms with E-state index in [-0.39, 0.29) is 11.8 Å². The Kier molecular flexibility index (Phi) is 3.41. The number of benzene rings is 1. The van der Waals surface area contributed by atoms with Crippen molar-refractivity contribution < 1.29 is 13.5 Å². The van der Waals surface area contributed by atoms with Crippen molar-refractivity contribution in [2.45, 2.75) is 19.4 Å². The summed E-state index contributed by atoms with van der Waals surface area (Å²) in [7, 11) is 1.31. The monoisotopic (exact) mass is 201 g/mol. The summed E-state index contributed by atoms with van der Waals surface area (Å²) in [6.07, 6.45) is 0.459. The van der Waals surface area contributed by atoms with Gasteiger partial charge in [-0.05, 0) is 25.0 Å². The third kappa shape index (κ3) is 2.20. The maximum absolute atomic E-state index is 13.2. The van der Waals surface area contributed by atoms with E-state index in [1.54, 1.807) is 6.92 Å². The Morgan fingerprint density at radius 3 is 2.57 bits per heavy atom. The largest absolute Gasteiger partial charge is 0.493 e. The lowest BCUT2D eigenvalue weighted by molar-refractivity contribution is 0.366. The predicted molar refractivity (Wildman–Crippen MR) is 50.3 cm³/mol. The zero-order valence-electron chi connectivity index (χ0n) is 8.18. The van der Waals surface area contributed by atoms with Crippen molar-refractivity contribution in [1.29, 1.82) is 0 Å². The molecule has 0 amide bonds. The molecule has 1 atom stereocenters. The Labute approximate surface area is 81.7 Å². The first-order valence-corrected chi connectivity index (χ1v) is 4.32. The zero-order chi connectivity index (χ0) is 10.7. The number of nitrogens with two attached hydrogens (primary N) is 1. The van der Waals surface area contributed by atoms with Gasteiger partial charge < -0.3 is 10.5 Å². The molecule has 2 N–H and O–H groups in total. The highest BCUT2D eigenvalue weighted by molar-refractivity contribution is 5.36. The topological polar surface area (TPSA) is 35.2 Å². The standard InChI is InChI=1S/C10H13F2NO/c1-6(13)5-7-3-4-8(11)9(12)10(7)14-2/h3-4,6H,5,13H2,1-2H3/t6-/m1/s1. The SMILES string of the molecule is COc1c(C[C@@H](C)N)ccc(F)c1F. The van der Waals surface area contributed by atoms with E-state index >= 15 is 0 Å². The van der Waals surface area contributed by atoms with Crippen LogP contribution in [0.1, 0.15) is 12.5 Å². The molecule has 0 unspecified atom stereocenters. The normalized spacial score (nSPS) is 12.6. The van der Waals surface area contributed by atoms with Crippen molar-refractivity contribution in [3.8, 4) is 5.75 Å². The summed E-state index contributed by atoms with van der Waals surface area (Å²) in [6, 6.07) is 2.45. The zero-order valence-corrected chi connectivity index (χ0v) is 8.18. The van der Waals surface area contributed by atoms with Crippen molar-refractivity contribution >= 4 is 0 Å². The molecule has 1 aromatic carbocycles. The number of rotatable bonds is 3. The Hall–Kier alpha value is -1.16. The highest BCUT2D eigenvalue weighted by Crippen LogP contribution is 2.25. The van der Waals surface area contributed by atoms with Gasteiger partial charge in [-0.15, -0.1) is 0 Å².